The van der Waals surface area contributed by atoms with Crippen LogP contribution < -0.4 is 4.57 Å². The van der Waals surface area contributed by atoms with Gasteiger partial charge in [-0.3, -0.25) is 0 Å². The maximum absolute atomic E-state index is 3.34. The number of hydrogen-bond donors (Lipinski definition) is 1. The monoisotopic (exact) mass is 223 g/mol. The molecule has 0 saturated heterocycles. The van der Waals surface area contributed by atoms with Crippen molar-refractivity contribution in [1.29, 1.82) is 0 Å². The zero-order valence-electron chi connectivity index (χ0n) is 9.85. The van der Waals surface area contributed by atoms with E-state index in [-0.39, 0.29) is 0 Å². The number of rotatable bonds is 2. The van der Waals surface area contributed by atoms with Gasteiger partial charge in [0.1, 0.15) is 0 Å². The highest BCUT2D eigenvalue weighted by Crippen LogP contribution is 2.11. The molecule has 2 heteroatoms. The van der Waals surface area contributed by atoms with Crippen LogP contribution in [0.5, 0.6) is 0 Å². The molecule has 2 heterocycles. The third-order valence-electron chi connectivity index (χ3n) is 2.96. The standard InChI is InChI=1S/C15H14N2/c1-12-9-14-11-17(8-7-15(14)16-12)10-13-5-3-2-4-6-13/h2-9,11H,10H2,1H3/p+1. The topological polar surface area (TPSA) is 19.7 Å². The fourth-order valence-corrected chi connectivity index (χ4v) is 2.16. The van der Waals surface area contributed by atoms with E-state index in [1.807, 2.05) is 6.07 Å². The van der Waals surface area contributed by atoms with Crippen LogP contribution in [0, 0.1) is 6.92 Å². The van der Waals surface area contributed by atoms with E-state index in [1.54, 1.807) is 0 Å². The lowest BCUT2D eigenvalue weighted by atomic mass is 10.2. The van der Waals surface area contributed by atoms with Crippen molar-refractivity contribution in [2.45, 2.75) is 13.5 Å². The summed E-state index contributed by atoms with van der Waals surface area (Å²) in [5.74, 6) is 0. The molecule has 0 radical (unpaired) electrons. The second kappa shape index (κ2) is 4.06. The SMILES string of the molecule is Cc1cc2c[n+](Cc3ccccc3)ccc2[nH]1. The molecular formula is C15H15N2+. The number of nitrogens with zero attached hydrogens (tertiary/aromatic N) is 1. The van der Waals surface area contributed by atoms with Gasteiger partial charge in [-0.25, -0.2) is 4.57 Å². The zero-order chi connectivity index (χ0) is 11.7. The number of benzene rings is 1. The highest BCUT2D eigenvalue weighted by Gasteiger charge is 2.05. The van der Waals surface area contributed by atoms with Crippen molar-refractivity contribution in [3.8, 4) is 0 Å². The van der Waals surface area contributed by atoms with Crippen LogP contribution in [-0.2, 0) is 6.54 Å². The fourth-order valence-electron chi connectivity index (χ4n) is 2.16. The Hall–Kier alpha value is -2.09. The zero-order valence-corrected chi connectivity index (χ0v) is 9.85. The number of pyridine rings is 1. The van der Waals surface area contributed by atoms with E-state index in [1.165, 1.54) is 22.2 Å². The van der Waals surface area contributed by atoms with Crippen LogP contribution in [-0.4, -0.2) is 4.98 Å². The van der Waals surface area contributed by atoms with E-state index in [9.17, 15) is 0 Å². The Bertz CT molecular complexity index is 638. The van der Waals surface area contributed by atoms with Crippen molar-refractivity contribution in [1.82, 2.24) is 4.98 Å². The number of aromatic nitrogens is 2. The number of fused-ring (bicyclic) bond motifs is 1. The molecule has 3 aromatic rings. The lowest BCUT2D eigenvalue weighted by molar-refractivity contribution is -0.687. The highest BCUT2D eigenvalue weighted by atomic mass is 14.9. The predicted octanol–water partition coefficient (Wildman–Crippen LogP) is 2.81. The Morgan fingerprint density at radius 1 is 1.12 bits per heavy atom. The minimum Gasteiger partial charge on any atom is -0.358 e. The molecule has 0 bridgehead atoms. The molecule has 0 unspecified atom stereocenters. The van der Waals surface area contributed by atoms with Crippen LogP contribution in [0.2, 0.25) is 0 Å². The average molecular weight is 223 g/mol. The fraction of sp³-hybridized carbons (Fsp3) is 0.133. The van der Waals surface area contributed by atoms with Gasteiger partial charge in [-0.15, -0.1) is 0 Å². The highest BCUT2D eigenvalue weighted by molar-refractivity contribution is 5.78. The molecule has 0 aliphatic carbocycles. The summed E-state index contributed by atoms with van der Waals surface area (Å²) in [7, 11) is 0. The molecule has 2 nitrogen and oxygen atoms in total. The van der Waals surface area contributed by atoms with Gasteiger partial charge in [0.05, 0.1) is 10.9 Å². The van der Waals surface area contributed by atoms with E-state index in [2.05, 4.69) is 65.3 Å². The number of H-pyrrole nitrogens is 1. The van der Waals surface area contributed by atoms with E-state index >= 15 is 0 Å². The van der Waals surface area contributed by atoms with Gasteiger partial charge in [0, 0.05) is 17.3 Å². The molecule has 0 spiro atoms. The predicted molar refractivity (Wildman–Crippen MR) is 68.8 cm³/mol. The number of aromatic amines is 1. The van der Waals surface area contributed by atoms with Crippen LogP contribution in [0.1, 0.15) is 11.3 Å². The quantitative estimate of drug-likeness (QED) is 0.645. The van der Waals surface area contributed by atoms with Crippen molar-refractivity contribution in [2.75, 3.05) is 0 Å². The van der Waals surface area contributed by atoms with Gasteiger partial charge < -0.3 is 4.98 Å². The summed E-state index contributed by atoms with van der Waals surface area (Å²) in [6, 6.07) is 14.8. The molecular weight excluding hydrogens is 208 g/mol. The van der Waals surface area contributed by atoms with Gasteiger partial charge in [0.2, 0.25) is 0 Å². The molecule has 2 aromatic heterocycles. The molecule has 0 amide bonds. The number of hydrogen-bond acceptors (Lipinski definition) is 0. The van der Waals surface area contributed by atoms with E-state index in [0.717, 1.165) is 6.54 Å². The maximum atomic E-state index is 3.34. The summed E-state index contributed by atoms with van der Waals surface area (Å²) in [5, 5.41) is 1.26. The summed E-state index contributed by atoms with van der Waals surface area (Å²) >= 11 is 0. The first-order valence-electron chi connectivity index (χ1n) is 5.83. The third kappa shape index (κ3) is 2.07. The molecule has 84 valence electrons. The molecule has 0 fully saturated rings. The molecule has 0 aliphatic rings. The number of nitrogens with one attached hydrogen (secondary N) is 1. The van der Waals surface area contributed by atoms with Crippen LogP contribution >= 0.6 is 0 Å². The summed E-state index contributed by atoms with van der Waals surface area (Å²) < 4.78 is 2.21. The third-order valence-corrected chi connectivity index (χ3v) is 2.96. The summed E-state index contributed by atoms with van der Waals surface area (Å²) in [4.78, 5) is 3.34. The molecule has 1 aromatic carbocycles. The van der Waals surface area contributed by atoms with E-state index in [4.69, 9.17) is 0 Å². The molecule has 1 N–H and O–H groups in total. The Labute approximate surface area is 101 Å². The average Bonchev–Trinajstić information content (AvgIpc) is 2.70. The van der Waals surface area contributed by atoms with E-state index < -0.39 is 0 Å². The van der Waals surface area contributed by atoms with E-state index in [0.29, 0.717) is 0 Å². The van der Waals surface area contributed by atoms with Crippen molar-refractivity contribution < 1.29 is 4.57 Å². The first kappa shape index (κ1) is 10.1. The van der Waals surface area contributed by atoms with Crippen molar-refractivity contribution in [3.63, 3.8) is 0 Å². The lowest BCUT2D eigenvalue weighted by Crippen LogP contribution is -2.32. The first-order chi connectivity index (χ1) is 8.31. The second-order valence-corrected chi connectivity index (χ2v) is 4.42. The summed E-state index contributed by atoms with van der Waals surface area (Å²) in [5.41, 5.74) is 3.73. The summed E-state index contributed by atoms with van der Waals surface area (Å²) in [6.45, 7) is 3.00. The number of aryl methyl sites for hydroxylation is 1. The largest absolute Gasteiger partial charge is 0.358 e. The van der Waals surface area contributed by atoms with Crippen LogP contribution in [0.4, 0.5) is 0 Å². The minimum atomic E-state index is 0.918. The van der Waals surface area contributed by atoms with Crippen molar-refractivity contribution in [2.24, 2.45) is 0 Å². The molecule has 0 aliphatic heterocycles. The Morgan fingerprint density at radius 2 is 1.94 bits per heavy atom. The van der Waals surface area contributed by atoms with Gasteiger partial charge >= 0.3 is 0 Å². The molecule has 0 atom stereocenters. The molecule has 17 heavy (non-hydrogen) atoms. The second-order valence-electron chi connectivity index (χ2n) is 4.42. The van der Waals surface area contributed by atoms with Crippen LogP contribution in [0.15, 0.2) is 54.9 Å². The van der Waals surface area contributed by atoms with Gasteiger partial charge in [-0.2, -0.15) is 0 Å². The Kier molecular flexibility index (Phi) is 2.41. The lowest BCUT2D eigenvalue weighted by Gasteiger charge is -1.97. The summed E-state index contributed by atoms with van der Waals surface area (Å²) in [6.07, 6.45) is 4.30. The van der Waals surface area contributed by atoms with Crippen LogP contribution in [0.3, 0.4) is 0 Å². The Morgan fingerprint density at radius 3 is 2.76 bits per heavy atom. The van der Waals surface area contributed by atoms with Gasteiger partial charge in [-0.1, -0.05) is 30.3 Å². The van der Waals surface area contributed by atoms with Crippen LogP contribution in [0.25, 0.3) is 10.9 Å². The van der Waals surface area contributed by atoms with Gasteiger partial charge in [0.15, 0.2) is 18.9 Å². The van der Waals surface area contributed by atoms with Crippen molar-refractivity contribution >= 4 is 10.9 Å². The Balaban J connectivity index is 1.95. The smallest absolute Gasteiger partial charge is 0.178 e. The van der Waals surface area contributed by atoms with Gasteiger partial charge in [-0.05, 0) is 13.0 Å². The van der Waals surface area contributed by atoms with Gasteiger partial charge in [0.25, 0.3) is 0 Å². The first-order valence-corrected chi connectivity index (χ1v) is 5.83. The molecule has 3 rings (SSSR count). The van der Waals surface area contributed by atoms with Crippen molar-refractivity contribution in [3.05, 3.63) is 66.1 Å². The minimum absolute atomic E-state index is 0.918. The molecule has 0 saturated carbocycles. The maximum Gasteiger partial charge on any atom is 0.178 e. The normalized spacial score (nSPS) is 10.9.